The zero-order chi connectivity index (χ0) is 18.6. The minimum atomic E-state index is -3.95. The Kier molecular flexibility index (Phi) is 6.55. The van der Waals surface area contributed by atoms with Crippen molar-refractivity contribution in [3.05, 3.63) is 36.0 Å². The van der Waals surface area contributed by atoms with Crippen LogP contribution in [0.2, 0.25) is 0 Å². The number of hydrogen-bond donors (Lipinski definition) is 1. The van der Waals surface area contributed by atoms with Crippen LogP contribution in [0.5, 0.6) is 0 Å². The molecule has 1 aliphatic rings. The van der Waals surface area contributed by atoms with Crippen LogP contribution in [0.4, 0.5) is 0 Å². The molecule has 7 nitrogen and oxygen atoms in total. The van der Waals surface area contributed by atoms with Gasteiger partial charge in [0.05, 0.1) is 0 Å². The number of methoxy groups -OCH3 is 1. The minimum Gasteiger partial charge on any atom is -0.378 e. The van der Waals surface area contributed by atoms with Gasteiger partial charge in [-0.1, -0.05) is 23.9 Å². The number of amidine groups is 1. The second-order valence-corrected chi connectivity index (χ2v) is 8.41. The molecule has 0 saturated carbocycles. The number of sulfonamides is 1. The molecule has 25 heavy (non-hydrogen) atoms. The lowest BCUT2D eigenvalue weighted by Gasteiger charge is -2.31. The molecule has 1 aromatic carbocycles. The Hall–Kier alpha value is -1.49. The van der Waals surface area contributed by atoms with E-state index in [0.29, 0.717) is 10.6 Å². The Bertz CT molecular complexity index is 834. The molecule has 2 rings (SSSR count). The Balaban J connectivity index is 2.64. The minimum absolute atomic E-state index is 0.0189. The fourth-order valence-corrected chi connectivity index (χ4v) is 4.92. The van der Waals surface area contributed by atoms with Crippen molar-refractivity contribution in [1.82, 2.24) is 4.31 Å². The molecule has 0 fully saturated rings. The summed E-state index contributed by atoms with van der Waals surface area (Å²) in [5, 5.41) is 0.210. The third-order valence-corrected chi connectivity index (χ3v) is 6.59. The van der Waals surface area contributed by atoms with Crippen molar-refractivity contribution in [2.45, 2.75) is 22.9 Å². The van der Waals surface area contributed by atoms with Gasteiger partial charge >= 0.3 is 0 Å². The van der Waals surface area contributed by atoms with Crippen molar-refractivity contribution in [3.63, 3.8) is 0 Å². The summed E-state index contributed by atoms with van der Waals surface area (Å²) in [5.41, 5.74) is 6.38. The molecule has 0 radical (unpaired) electrons. The average molecular weight is 401 g/mol. The number of aliphatic imine (C=N–C) groups is 2. The monoisotopic (exact) mass is 400 g/mol. The molecule has 10 heteroatoms. The van der Waals surface area contributed by atoms with E-state index >= 15 is 0 Å². The molecular formula is C15H20N4O3S3. The Morgan fingerprint density at radius 1 is 1.36 bits per heavy atom. The third-order valence-electron chi connectivity index (χ3n) is 3.36. The van der Waals surface area contributed by atoms with Gasteiger partial charge < -0.3 is 10.5 Å². The highest BCUT2D eigenvalue weighted by atomic mass is 32.2. The Morgan fingerprint density at radius 3 is 2.64 bits per heavy atom. The summed E-state index contributed by atoms with van der Waals surface area (Å²) in [4.78, 5) is 9.21. The van der Waals surface area contributed by atoms with E-state index in [9.17, 15) is 8.42 Å². The first-order valence-electron chi connectivity index (χ1n) is 7.20. The summed E-state index contributed by atoms with van der Waals surface area (Å²) < 4.78 is 33.1. The van der Waals surface area contributed by atoms with Crippen LogP contribution in [-0.2, 0) is 14.8 Å². The van der Waals surface area contributed by atoms with Gasteiger partial charge in [-0.2, -0.15) is 4.99 Å². The summed E-state index contributed by atoms with van der Waals surface area (Å²) in [7, 11) is -2.52. The van der Waals surface area contributed by atoms with Crippen LogP contribution in [0.15, 0.2) is 55.8 Å². The van der Waals surface area contributed by atoms with E-state index in [2.05, 4.69) is 9.98 Å². The number of nitrogens with two attached hydrogens (primary N) is 1. The maximum absolute atomic E-state index is 13.3. The molecule has 0 amide bonds. The largest absolute Gasteiger partial charge is 0.378 e. The van der Waals surface area contributed by atoms with Crippen LogP contribution in [0.1, 0.15) is 6.92 Å². The van der Waals surface area contributed by atoms with E-state index in [1.165, 1.54) is 30.6 Å². The first-order valence-corrected chi connectivity index (χ1v) is 11.1. The molecule has 2 N–H and O–H groups in total. The number of ether oxygens (including phenoxy) is 1. The lowest BCUT2D eigenvalue weighted by molar-refractivity contribution is 0.0810. The summed E-state index contributed by atoms with van der Waals surface area (Å²) in [6.45, 7) is 1.75. The maximum Gasteiger partial charge on any atom is 0.270 e. The number of guanidine groups is 1. The second-order valence-electron chi connectivity index (χ2n) is 4.95. The summed E-state index contributed by atoms with van der Waals surface area (Å²) in [6.07, 6.45) is 4.33. The van der Waals surface area contributed by atoms with Crippen LogP contribution in [0, 0.1) is 0 Å². The van der Waals surface area contributed by atoms with E-state index in [0.717, 1.165) is 4.31 Å². The van der Waals surface area contributed by atoms with E-state index in [4.69, 9.17) is 10.5 Å². The summed E-state index contributed by atoms with van der Waals surface area (Å²) in [5.74, 6) is -0.0189. The summed E-state index contributed by atoms with van der Waals surface area (Å²) >= 11 is 2.55. The second kappa shape index (κ2) is 8.26. The van der Waals surface area contributed by atoms with Crippen LogP contribution in [0.25, 0.3) is 0 Å². The number of rotatable bonds is 4. The first-order chi connectivity index (χ1) is 11.8. The zero-order valence-corrected chi connectivity index (χ0v) is 16.8. The fraction of sp³-hybridized carbons (Fsp3) is 0.333. The Labute approximate surface area is 156 Å². The molecule has 0 spiro atoms. The molecule has 0 bridgehead atoms. The van der Waals surface area contributed by atoms with Gasteiger partial charge in [0.2, 0.25) is 5.96 Å². The normalized spacial score (nSPS) is 18.8. The highest BCUT2D eigenvalue weighted by Crippen LogP contribution is 2.30. The lowest BCUT2D eigenvalue weighted by Crippen LogP contribution is -2.46. The third kappa shape index (κ3) is 4.20. The molecule has 1 aromatic rings. The van der Waals surface area contributed by atoms with Gasteiger partial charge in [-0.3, -0.25) is 0 Å². The van der Waals surface area contributed by atoms with Crippen molar-refractivity contribution in [3.8, 4) is 0 Å². The SMILES string of the molecule is COC1C=C(C)N=C(N=C(N)SC)N1S(=O)(=O)c1ccccc1SC. The zero-order valence-electron chi connectivity index (χ0n) is 14.3. The molecule has 136 valence electrons. The van der Waals surface area contributed by atoms with Crippen LogP contribution >= 0.6 is 23.5 Å². The predicted molar refractivity (Wildman–Crippen MR) is 104 cm³/mol. The van der Waals surface area contributed by atoms with Gasteiger partial charge in [0.15, 0.2) is 11.4 Å². The maximum atomic E-state index is 13.3. The highest BCUT2D eigenvalue weighted by molar-refractivity contribution is 8.13. The smallest absolute Gasteiger partial charge is 0.270 e. The van der Waals surface area contributed by atoms with Gasteiger partial charge in [-0.25, -0.2) is 17.7 Å². The average Bonchev–Trinajstić information content (AvgIpc) is 2.60. The van der Waals surface area contributed by atoms with Crippen molar-refractivity contribution < 1.29 is 13.2 Å². The number of thioether (sulfide) groups is 2. The van der Waals surface area contributed by atoms with Gasteiger partial charge in [-0.15, -0.1) is 11.8 Å². The number of benzene rings is 1. The predicted octanol–water partition coefficient (Wildman–Crippen LogP) is 2.32. The standard InChI is InChI=1S/C15H20N4O3S3/c1-10-9-13(22-2)19(15(17-10)18-14(16)24-4)25(20,21)12-8-6-5-7-11(12)23-3/h5-9,13H,1-4H3,(H2,16,17,18). The topological polar surface area (TPSA) is 97.3 Å². The lowest BCUT2D eigenvalue weighted by atomic mass is 10.3. The van der Waals surface area contributed by atoms with Crippen LogP contribution in [-0.4, -0.2) is 49.7 Å². The molecule has 0 aliphatic carbocycles. The highest BCUT2D eigenvalue weighted by Gasteiger charge is 2.37. The van der Waals surface area contributed by atoms with Crippen molar-refractivity contribution >= 4 is 44.7 Å². The first kappa shape index (κ1) is 19.8. The van der Waals surface area contributed by atoms with Gasteiger partial charge in [-0.05, 0) is 37.6 Å². The van der Waals surface area contributed by atoms with Gasteiger partial charge in [0.25, 0.3) is 10.0 Å². The molecule has 1 aliphatic heterocycles. The van der Waals surface area contributed by atoms with E-state index in [-0.39, 0.29) is 16.0 Å². The van der Waals surface area contributed by atoms with Crippen molar-refractivity contribution in [2.75, 3.05) is 19.6 Å². The van der Waals surface area contributed by atoms with Crippen molar-refractivity contribution in [1.29, 1.82) is 0 Å². The molecule has 1 unspecified atom stereocenters. The molecule has 1 heterocycles. The van der Waals surface area contributed by atoms with E-state index < -0.39 is 16.3 Å². The van der Waals surface area contributed by atoms with Gasteiger partial charge in [0, 0.05) is 17.7 Å². The molecule has 0 saturated heterocycles. The van der Waals surface area contributed by atoms with Crippen LogP contribution in [0.3, 0.4) is 0 Å². The quantitative estimate of drug-likeness (QED) is 0.473. The van der Waals surface area contributed by atoms with Crippen molar-refractivity contribution in [2.24, 2.45) is 15.7 Å². The van der Waals surface area contributed by atoms with Gasteiger partial charge in [0.1, 0.15) is 4.90 Å². The number of hydrogen-bond acceptors (Lipinski definition) is 7. The molecular weight excluding hydrogens is 380 g/mol. The summed E-state index contributed by atoms with van der Waals surface area (Å²) in [6, 6.07) is 6.77. The number of nitrogens with zero attached hydrogens (tertiary/aromatic N) is 3. The fourth-order valence-electron chi connectivity index (χ4n) is 2.20. The van der Waals surface area contributed by atoms with E-state index in [1.807, 2.05) is 6.26 Å². The van der Waals surface area contributed by atoms with E-state index in [1.54, 1.807) is 43.5 Å². The molecule has 1 atom stereocenters. The van der Waals surface area contributed by atoms with Crippen LogP contribution < -0.4 is 5.73 Å². The molecule has 0 aromatic heterocycles. The Morgan fingerprint density at radius 2 is 2.04 bits per heavy atom. The number of allylic oxidation sites excluding steroid dienone is 1.